The smallest absolute Gasteiger partial charge is 0.152 e. The molecule has 0 spiro atoms. The SMILES string of the molecule is CC(=O)/C=C/c1ccc(-c2ccc(O)c(C34CC5CC(CC(C5)C3)C4)c2)c(Br)c1. The lowest BCUT2D eigenvalue weighted by atomic mass is 9.48. The Morgan fingerprint density at radius 1 is 1.03 bits per heavy atom. The summed E-state index contributed by atoms with van der Waals surface area (Å²) >= 11 is 3.72. The molecule has 2 aromatic carbocycles. The van der Waals surface area contributed by atoms with Crippen molar-refractivity contribution in [3.8, 4) is 16.9 Å². The van der Waals surface area contributed by atoms with Crippen molar-refractivity contribution in [2.24, 2.45) is 17.8 Å². The maximum absolute atomic E-state index is 11.2. The Hall–Kier alpha value is -1.87. The van der Waals surface area contributed by atoms with Gasteiger partial charge in [-0.15, -0.1) is 0 Å². The first-order chi connectivity index (χ1) is 13.9. The molecule has 0 radical (unpaired) electrons. The Bertz CT molecular complexity index is 968. The summed E-state index contributed by atoms with van der Waals surface area (Å²) < 4.78 is 1.00. The van der Waals surface area contributed by atoms with Crippen molar-refractivity contribution in [3.63, 3.8) is 0 Å². The molecule has 4 aliphatic rings. The van der Waals surface area contributed by atoms with Gasteiger partial charge in [-0.05, 0) is 110 Å². The molecule has 0 aromatic heterocycles. The number of carbonyl (C=O) groups excluding carboxylic acids is 1. The Morgan fingerprint density at radius 2 is 1.69 bits per heavy atom. The highest BCUT2D eigenvalue weighted by Crippen LogP contribution is 2.62. The molecule has 4 fully saturated rings. The van der Waals surface area contributed by atoms with Crippen LogP contribution in [0, 0.1) is 17.8 Å². The molecule has 2 nitrogen and oxygen atoms in total. The first kappa shape index (κ1) is 19.1. The number of allylic oxidation sites excluding steroid dienone is 1. The van der Waals surface area contributed by atoms with Gasteiger partial charge in [0.2, 0.25) is 0 Å². The zero-order chi connectivity index (χ0) is 20.2. The van der Waals surface area contributed by atoms with Crippen LogP contribution in [0.25, 0.3) is 17.2 Å². The van der Waals surface area contributed by atoms with Crippen LogP contribution in [0.2, 0.25) is 0 Å². The van der Waals surface area contributed by atoms with Crippen LogP contribution in [0.3, 0.4) is 0 Å². The fraction of sp³-hybridized carbons (Fsp3) is 0.423. The van der Waals surface area contributed by atoms with Crippen molar-refractivity contribution in [2.45, 2.75) is 50.9 Å². The molecule has 0 aliphatic heterocycles. The van der Waals surface area contributed by atoms with E-state index in [9.17, 15) is 9.90 Å². The third-order valence-electron chi connectivity index (χ3n) is 7.42. The molecule has 0 atom stereocenters. The van der Waals surface area contributed by atoms with Gasteiger partial charge in [-0.1, -0.05) is 40.2 Å². The van der Waals surface area contributed by atoms with Crippen molar-refractivity contribution in [2.75, 3.05) is 0 Å². The second kappa shape index (κ2) is 7.12. The fourth-order valence-electron chi connectivity index (χ4n) is 6.65. The summed E-state index contributed by atoms with van der Waals surface area (Å²) in [6.45, 7) is 1.56. The molecule has 4 saturated carbocycles. The van der Waals surface area contributed by atoms with E-state index in [0.29, 0.717) is 5.75 Å². The number of benzene rings is 2. The number of phenolic OH excluding ortho intramolecular Hbond substituents is 1. The molecule has 0 saturated heterocycles. The summed E-state index contributed by atoms with van der Waals surface area (Å²) in [5, 5.41) is 10.8. The van der Waals surface area contributed by atoms with Gasteiger partial charge in [0.15, 0.2) is 5.78 Å². The van der Waals surface area contributed by atoms with Gasteiger partial charge in [-0.3, -0.25) is 4.79 Å². The number of hydrogen-bond acceptors (Lipinski definition) is 2. The Morgan fingerprint density at radius 3 is 2.28 bits per heavy atom. The number of ketones is 1. The second-order valence-electron chi connectivity index (χ2n) is 9.61. The largest absolute Gasteiger partial charge is 0.508 e. The van der Waals surface area contributed by atoms with Gasteiger partial charge in [0.05, 0.1) is 0 Å². The molecule has 4 bridgehead atoms. The van der Waals surface area contributed by atoms with Gasteiger partial charge >= 0.3 is 0 Å². The van der Waals surface area contributed by atoms with Crippen LogP contribution in [0.4, 0.5) is 0 Å². The van der Waals surface area contributed by atoms with Gasteiger partial charge < -0.3 is 5.11 Å². The van der Waals surface area contributed by atoms with Crippen molar-refractivity contribution in [3.05, 3.63) is 58.1 Å². The Labute approximate surface area is 181 Å². The number of halogens is 1. The van der Waals surface area contributed by atoms with E-state index >= 15 is 0 Å². The van der Waals surface area contributed by atoms with E-state index in [1.54, 1.807) is 13.0 Å². The van der Waals surface area contributed by atoms with Crippen LogP contribution >= 0.6 is 15.9 Å². The van der Waals surface area contributed by atoms with Crippen LogP contribution < -0.4 is 0 Å². The van der Waals surface area contributed by atoms with E-state index in [1.165, 1.54) is 44.1 Å². The summed E-state index contributed by atoms with van der Waals surface area (Å²) in [5.74, 6) is 3.06. The van der Waals surface area contributed by atoms with Gasteiger partial charge in [0.1, 0.15) is 5.75 Å². The Balaban J connectivity index is 1.51. The standard InChI is InChI=1S/C26H27BrO2/c1-16(28)2-3-17-4-6-22(24(27)11-17)21-5-7-25(29)23(12-21)26-13-18-8-19(14-26)10-20(9-18)15-26/h2-7,11-12,18-20,29H,8-10,13-15H2,1H3/b3-2+. The zero-order valence-electron chi connectivity index (χ0n) is 16.8. The number of aromatic hydroxyl groups is 1. The molecule has 4 aliphatic carbocycles. The zero-order valence-corrected chi connectivity index (χ0v) is 18.4. The van der Waals surface area contributed by atoms with Gasteiger partial charge in [-0.2, -0.15) is 0 Å². The highest BCUT2D eigenvalue weighted by molar-refractivity contribution is 9.10. The molecular formula is C26H27BrO2. The number of carbonyl (C=O) groups is 1. The van der Waals surface area contributed by atoms with Crippen molar-refractivity contribution < 1.29 is 9.90 Å². The summed E-state index contributed by atoms with van der Waals surface area (Å²) in [6.07, 6.45) is 11.4. The molecular weight excluding hydrogens is 424 g/mol. The molecule has 2 aromatic rings. The molecule has 150 valence electrons. The van der Waals surface area contributed by atoms with Crippen LogP contribution in [-0.4, -0.2) is 10.9 Å². The van der Waals surface area contributed by atoms with Crippen molar-refractivity contribution in [1.29, 1.82) is 0 Å². The van der Waals surface area contributed by atoms with E-state index in [0.717, 1.165) is 38.9 Å². The first-order valence-corrected chi connectivity index (χ1v) is 11.5. The maximum Gasteiger partial charge on any atom is 0.152 e. The topological polar surface area (TPSA) is 37.3 Å². The van der Waals surface area contributed by atoms with Crippen molar-refractivity contribution in [1.82, 2.24) is 0 Å². The van der Waals surface area contributed by atoms with Crippen LogP contribution in [-0.2, 0) is 10.2 Å². The molecule has 1 N–H and O–H groups in total. The summed E-state index contributed by atoms with van der Waals surface area (Å²) in [4.78, 5) is 11.2. The average molecular weight is 451 g/mol. The normalized spacial score (nSPS) is 30.2. The quantitative estimate of drug-likeness (QED) is 0.514. The van der Waals surface area contributed by atoms with Crippen LogP contribution in [0.1, 0.15) is 56.6 Å². The van der Waals surface area contributed by atoms with E-state index in [1.807, 2.05) is 30.3 Å². The molecule has 6 rings (SSSR count). The van der Waals surface area contributed by atoms with Gasteiger partial charge in [-0.25, -0.2) is 0 Å². The lowest BCUT2D eigenvalue weighted by molar-refractivity contribution is -0.112. The average Bonchev–Trinajstić information content (AvgIpc) is 2.66. The maximum atomic E-state index is 11.2. The Kier molecular flexibility index (Phi) is 4.70. The monoisotopic (exact) mass is 450 g/mol. The van der Waals surface area contributed by atoms with E-state index in [-0.39, 0.29) is 11.2 Å². The highest BCUT2D eigenvalue weighted by atomic mass is 79.9. The number of phenols is 1. The minimum Gasteiger partial charge on any atom is -0.508 e. The lowest BCUT2D eigenvalue weighted by Crippen LogP contribution is -2.48. The van der Waals surface area contributed by atoms with Gasteiger partial charge in [0, 0.05) is 10.0 Å². The second-order valence-corrected chi connectivity index (χ2v) is 10.5. The predicted octanol–water partition coefficient (Wildman–Crippen LogP) is 6.89. The molecule has 29 heavy (non-hydrogen) atoms. The first-order valence-electron chi connectivity index (χ1n) is 10.7. The highest BCUT2D eigenvalue weighted by Gasteiger charge is 2.52. The summed E-state index contributed by atoms with van der Waals surface area (Å²) in [5.41, 5.74) is 4.60. The minimum atomic E-state index is 0.0453. The molecule has 3 heteroatoms. The fourth-order valence-corrected chi connectivity index (χ4v) is 7.28. The van der Waals surface area contributed by atoms with Crippen molar-refractivity contribution >= 4 is 27.8 Å². The van der Waals surface area contributed by atoms with E-state index < -0.39 is 0 Å². The molecule has 0 amide bonds. The summed E-state index contributed by atoms with van der Waals surface area (Å²) in [6, 6.07) is 12.3. The van der Waals surface area contributed by atoms with E-state index in [4.69, 9.17) is 0 Å². The third-order valence-corrected chi connectivity index (χ3v) is 8.08. The molecule has 0 heterocycles. The number of hydrogen-bond donors (Lipinski definition) is 1. The number of rotatable bonds is 4. The van der Waals surface area contributed by atoms with Crippen LogP contribution in [0.15, 0.2) is 46.9 Å². The lowest BCUT2D eigenvalue weighted by Gasteiger charge is -2.57. The van der Waals surface area contributed by atoms with Gasteiger partial charge in [0.25, 0.3) is 0 Å². The summed E-state index contributed by atoms with van der Waals surface area (Å²) in [7, 11) is 0. The van der Waals surface area contributed by atoms with Crippen LogP contribution in [0.5, 0.6) is 5.75 Å². The minimum absolute atomic E-state index is 0.0453. The third kappa shape index (κ3) is 3.48. The molecule has 0 unspecified atom stereocenters. The van der Waals surface area contributed by atoms with E-state index in [2.05, 4.69) is 28.1 Å². The predicted molar refractivity (Wildman–Crippen MR) is 121 cm³/mol.